The molecule has 0 aromatic heterocycles. The molecule has 88 valence electrons. The Morgan fingerprint density at radius 2 is 1.67 bits per heavy atom. The van der Waals surface area contributed by atoms with Crippen LogP contribution in [0.3, 0.4) is 0 Å². The Bertz CT molecular complexity index is 187. The molecule has 2 nitrogen and oxygen atoms in total. The van der Waals surface area contributed by atoms with E-state index in [9.17, 15) is 0 Å². The van der Waals surface area contributed by atoms with Gasteiger partial charge in [-0.3, -0.25) is 4.90 Å². The summed E-state index contributed by atoms with van der Waals surface area (Å²) in [6.45, 7) is 5.66. The van der Waals surface area contributed by atoms with E-state index in [-0.39, 0.29) is 0 Å². The molecule has 1 saturated carbocycles. The highest BCUT2D eigenvalue weighted by Gasteiger charge is 2.36. The van der Waals surface area contributed by atoms with E-state index in [1.807, 2.05) is 0 Å². The van der Waals surface area contributed by atoms with Gasteiger partial charge in [0.1, 0.15) is 0 Å². The molecule has 0 radical (unpaired) electrons. The van der Waals surface area contributed by atoms with E-state index in [0.29, 0.717) is 6.04 Å². The smallest absolute Gasteiger partial charge is 0.0190 e. The van der Waals surface area contributed by atoms with E-state index in [0.717, 1.165) is 12.0 Å². The SMILES string of the molecule is CC(CN)N1CCC2(CCCCC2)CC1. The van der Waals surface area contributed by atoms with Crippen LogP contribution < -0.4 is 5.73 Å². The zero-order valence-electron chi connectivity index (χ0n) is 10.2. The van der Waals surface area contributed by atoms with Crippen molar-refractivity contribution in [1.29, 1.82) is 0 Å². The molecule has 1 aliphatic heterocycles. The van der Waals surface area contributed by atoms with Gasteiger partial charge in [-0.05, 0) is 51.1 Å². The Morgan fingerprint density at radius 3 is 2.20 bits per heavy atom. The van der Waals surface area contributed by atoms with Crippen molar-refractivity contribution in [2.75, 3.05) is 19.6 Å². The first-order valence-corrected chi connectivity index (χ1v) is 6.70. The highest BCUT2D eigenvalue weighted by atomic mass is 15.2. The maximum Gasteiger partial charge on any atom is 0.0190 e. The molecule has 2 aliphatic rings. The summed E-state index contributed by atoms with van der Waals surface area (Å²) in [6, 6.07) is 0.589. The monoisotopic (exact) mass is 210 g/mol. The lowest BCUT2D eigenvalue weighted by molar-refractivity contribution is 0.0508. The van der Waals surface area contributed by atoms with Crippen molar-refractivity contribution in [2.45, 2.75) is 57.9 Å². The van der Waals surface area contributed by atoms with E-state index >= 15 is 0 Å². The van der Waals surface area contributed by atoms with E-state index in [1.165, 1.54) is 58.0 Å². The topological polar surface area (TPSA) is 29.3 Å². The first-order valence-electron chi connectivity index (χ1n) is 6.70. The van der Waals surface area contributed by atoms with Gasteiger partial charge in [0, 0.05) is 12.6 Å². The van der Waals surface area contributed by atoms with E-state index in [1.54, 1.807) is 0 Å². The van der Waals surface area contributed by atoms with Gasteiger partial charge in [0.25, 0.3) is 0 Å². The van der Waals surface area contributed by atoms with Crippen molar-refractivity contribution >= 4 is 0 Å². The van der Waals surface area contributed by atoms with Gasteiger partial charge in [-0.15, -0.1) is 0 Å². The number of hydrogen-bond acceptors (Lipinski definition) is 2. The number of nitrogens with two attached hydrogens (primary N) is 1. The molecule has 1 spiro atoms. The van der Waals surface area contributed by atoms with E-state index in [4.69, 9.17) is 5.73 Å². The van der Waals surface area contributed by atoms with Crippen molar-refractivity contribution in [3.63, 3.8) is 0 Å². The van der Waals surface area contributed by atoms with Gasteiger partial charge < -0.3 is 5.73 Å². The minimum absolute atomic E-state index is 0.589. The normalized spacial score (nSPS) is 29.2. The lowest BCUT2D eigenvalue weighted by Gasteiger charge is -2.45. The quantitative estimate of drug-likeness (QED) is 0.758. The maximum absolute atomic E-state index is 5.73. The molecule has 15 heavy (non-hydrogen) atoms. The van der Waals surface area contributed by atoms with Crippen molar-refractivity contribution in [2.24, 2.45) is 11.1 Å². The summed E-state index contributed by atoms with van der Waals surface area (Å²) in [5, 5.41) is 0. The Kier molecular flexibility index (Phi) is 3.68. The molecule has 2 N–H and O–H groups in total. The van der Waals surface area contributed by atoms with Crippen LogP contribution in [-0.4, -0.2) is 30.6 Å². The average Bonchev–Trinajstić information content (AvgIpc) is 2.30. The molecule has 1 heterocycles. The summed E-state index contributed by atoms with van der Waals surface area (Å²) in [5.41, 5.74) is 6.47. The minimum Gasteiger partial charge on any atom is -0.329 e. The predicted molar refractivity (Wildman–Crippen MR) is 64.8 cm³/mol. The molecule has 2 heteroatoms. The number of nitrogens with zero attached hydrogens (tertiary/aromatic N) is 1. The van der Waals surface area contributed by atoms with Crippen LogP contribution in [0.2, 0.25) is 0 Å². The fraction of sp³-hybridized carbons (Fsp3) is 1.00. The van der Waals surface area contributed by atoms with Gasteiger partial charge in [0.05, 0.1) is 0 Å². The highest BCUT2D eigenvalue weighted by Crippen LogP contribution is 2.44. The second-order valence-electron chi connectivity index (χ2n) is 5.68. The van der Waals surface area contributed by atoms with Crippen LogP contribution in [0.25, 0.3) is 0 Å². The molecule has 1 unspecified atom stereocenters. The average molecular weight is 210 g/mol. The lowest BCUT2D eigenvalue weighted by atomic mass is 9.68. The Morgan fingerprint density at radius 1 is 1.07 bits per heavy atom. The van der Waals surface area contributed by atoms with Gasteiger partial charge in [0.15, 0.2) is 0 Å². The number of likely N-dealkylation sites (tertiary alicyclic amines) is 1. The lowest BCUT2D eigenvalue weighted by Crippen LogP contribution is -2.47. The van der Waals surface area contributed by atoms with E-state index in [2.05, 4.69) is 11.8 Å². The first kappa shape index (κ1) is 11.4. The van der Waals surface area contributed by atoms with Crippen molar-refractivity contribution < 1.29 is 0 Å². The zero-order valence-corrected chi connectivity index (χ0v) is 10.2. The molecule has 2 fully saturated rings. The summed E-state index contributed by atoms with van der Waals surface area (Å²) >= 11 is 0. The summed E-state index contributed by atoms with van der Waals surface area (Å²) < 4.78 is 0. The van der Waals surface area contributed by atoms with Crippen LogP contribution in [0.1, 0.15) is 51.9 Å². The van der Waals surface area contributed by atoms with Crippen LogP contribution in [0.15, 0.2) is 0 Å². The van der Waals surface area contributed by atoms with Gasteiger partial charge >= 0.3 is 0 Å². The summed E-state index contributed by atoms with van der Waals surface area (Å²) in [7, 11) is 0. The number of hydrogen-bond donors (Lipinski definition) is 1. The minimum atomic E-state index is 0.589. The third kappa shape index (κ3) is 2.54. The van der Waals surface area contributed by atoms with Crippen molar-refractivity contribution in [3.8, 4) is 0 Å². The molecule has 2 rings (SSSR count). The van der Waals surface area contributed by atoms with Gasteiger partial charge in [-0.2, -0.15) is 0 Å². The zero-order chi connectivity index (χ0) is 10.7. The Labute approximate surface area is 94.2 Å². The standard InChI is InChI=1S/C13H26N2/c1-12(11-14)15-9-7-13(8-10-15)5-3-2-4-6-13/h12H,2-11,14H2,1H3. The second-order valence-corrected chi connectivity index (χ2v) is 5.68. The molecular formula is C13H26N2. The number of rotatable bonds is 2. The maximum atomic E-state index is 5.73. The largest absolute Gasteiger partial charge is 0.329 e. The van der Waals surface area contributed by atoms with Crippen LogP contribution in [0.5, 0.6) is 0 Å². The molecule has 1 saturated heterocycles. The van der Waals surface area contributed by atoms with Crippen molar-refractivity contribution in [1.82, 2.24) is 4.90 Å². The van der Waals surface area contributed by atoms with Crippen LogP contribution in [0.4, 0.5) is 0 Å². The van der Waals surface area contributed by atoms with Crippen molar-refractivity contribution in [3.05, 3.63) is 0 Å². The molecule has 0 bridgehead atoms. The van der Waals surface area contributed by atoms with Gasteiger partial charge in [-0.1, -0.05) is 19.3 Å². The fourth-order valence-electron chi connectivity index (χ4n) is 3.39. The highest BCUT2D eigenvalue weighted by molar-refractivity contribution is 4.89. The third-order valence-corrected chi connectivity index (χ3v) is 4.74. The van der Waals surface area contributed by atoms with Gasteiger partial charge in [-0.25, -0.2) is 0 Å². The molecule has 0 aromatic rings. The molecule has 0 amide bonds. The Balaban J connectivity index is 1.85. The summed E-state index contributed by atoms with van der Waals surface area (Å²) in [5.74, 6) is 0. The molecule has 1 atom stereocenters. The Hall–Kier alpha value is -0.0800. The summed E-state index contributed by atoms with van der Waals surface area (Å²) in [4.78, 5) is 2.58. The van der Waals surface area contributed by atoms with E-state index < -0.39 is 0 Å². The fourth-order valence-corrected chi connectivity index (χ4v) is 3.39. The third-order valence-electron chi connectivity index (χ3n) is 4.74. The van der Waals surface area contributed by atoms with Crippen LogP contribution in [-0.2, 0) is 0 Å². The van der Waals surface area contributed by atoms with Gasteiger partial charge in [0.2, 0.25) is 0 Å². The summed E-state index contributed by atoms with van der Waals surface area (Å²) in [6.07, 6.45) is 10.3. The first-order chi connectivity index (χ1) is 7.26. The van der Waals surface area contributed by atoms with Crippen LogP contribution in [0, 0.1) is 5.41 Å². The molecule has 0 aromatic carbocycles. The predicted octanol–water partition coefficient (Wildman–Crippen LogP) is 2.38. The second kappa shape index (κ2) is 4.84. The molecule has 1 aliphatic carbocycles. The molecular weight excluding hydrogens is 184 g/mol. The van der Waals surface area contributed by atoms with Crippen LogP contribution >= 0.6 is 0 Å². The number of piperidine rings is 1.